The molecule has 0 fully saturated rings. The summed E-state index contributed by atoms with van der Waals surface area (Å²) in [5, 5.41) is 3.43. The fourth-order valence-corrected chi connectivity index (χ4v) is 2.07. The molecule has 4 nitrogen and oxygen atoms in total. The van der Waals surface area contributed by atoms with Gasteiger partial charge in [0.2, 0.25) is 0 Å². The highest BCUT2D eigenvalue weighted by Gasteiger charge is 2.22. The van der Waals surface area contributed by atoms with Crippen LogP contribution in [0.2, 0.25) is 0 Å². The van der Waals surface area contributed by atoms with Crippen LogP contribution in [0.3, 0.4) is 0 Å². The largest absolute Gasteiger partial charge is 0.370 e. The topological polar surface area (TPSA) is 41.1 Å². The highest BCUT2D eigenvalue weighted by atomic mass is 15.2. The molecule has 0 aliphatic carbocycles. The van der Waals surface area contributed by atoms with Crippen LogP contribution >= 0.6 is 0 Å². The summed E-state index contributed by atoms with van der Waals surface area (Å²) in [6, 6.07) is 0. The average Bonchev–Trinajstić information content (AvgIpc) is 2.36. The summed E-state index contributed by atoms with van der Waals surface area (Å²) in [7, 11) is 2.11. The van der Waals surface area contributed by atoms with Gasteiger partial charge < -0.3 is 10.2 Å². The van der Waals surface area contributed by atoms with Crippen molar-refractivity contribution in [2.45, 2.75) is 59.8 Å². The molecule has 0 saturated carbocycles. The molecule has 0 atom stereocenters. The third kappa shape index (κ3) is 4.09. The quantitative estimate of drug-likeness (QED) is 0.860. The van der Waals surface area contributed by atoms with E-state index in [0.717, 1.165) is 49.0 Å². The highest BCUT2D eigenvalue weighted by Crippen LogP contribution is 2.28. The van der Waals surface area contributed by atoms with E-state index in [0.29, 0.717) is 0 Å². The minimum Gasteiger partial charge on any atom is -0.370 e. The van der Waals surface area contributed by atoms with Crippen molar-refractivity contribution >= 4 is 11.6 Å². The Morgan fingerprint density at radius 2 is 1.75 bits per heavy atom. The highest BCUT2D eigenvalue weighted by molar-refractivity contribution is 5.58. The summed E-state index contributed by atoms with van der Waals surface area (Å²) in [5.74, 6) is 2.93. The van der Waals surface area contributed by atoms with Crippen LogP contribution in [0, 0.1) is 6.92 Å². The van der Waals surface area contributed by atoms with Crippen LogP contribution in [0.5, 0.6) is 0 Å². The average molecular weight is 278 g/mol. The van der Waals surface area contributed by atoms with Gasteiger partial charge in [-0.1, -0.05) is 34.6 Å². The standard InChI is InChI=1S/C16H30N4/c1-8-10-17-13-12(3)14(20(7)11-9-2)19-15(18-13)16(4,5)6/h8-11H2,1-7H3,(H,17,18,19). The monoisotopic (exact) mass is 278 g/mol. The fourth-order valence-electron chi connectivity index (χ4n) is 2.07. The molecule has 0 aliphatic heterocycles. The zero-order valence-corrected chi connectivity index (χ0v) is 14.2. The molecular weight excluding hydrogens is 248 g/mol. The minimum atomic E-state index is -0.0435. The van der Waals surface area contributed by atoms with Crippen molar-refractivity contribution in [1.29, 1.82) is 0 Å². The Kier molecular flexibility index (Phi) is 5.78. The summed E-state index contributed by atoms with van der Waals surface area (Å²) >= 11 is 0. The van der Waals surface area contributed by atoms with E-state index in [1.807, 2.05) is 0 Å². The van der Waals surface area contributed by atoms with E-state index in [-0.39, 0.29) is 5.41 Å². The predicted octanol–water partition coefficient (Wildman–Crippen LogP) is 3.75. The second-order valence-electron chi connectivity index (χ2n) is 6.44. The van der Waals surface area contributed by atoms with E-state index in [1.165, 1.54) is 0 Å². The lowest BCUT2D eigenvalue weighted by Crippen LogP contribution is -2.25. The zero-order valence-electron chi connectivity index (χ0n) is 14.2. The lowest BCUT2D eigenvalue weighted by Gasteiger charge is -2.25. The van der Waals surface area contributed by atoms with Crippen molar-refractivity contribution < 1.29 is 0 Å². The van der Waals surface area contributed by atoms with Crippen LogP contribution in [0.25, 0.3) is 0 Å². The molecule has 114 valence electrons. The number of nitrogens with zero attached hydrogens (tertiary/aromatic N) is 3. The zero-order chi connectivity index (χ0) is 15.3. The Labute approximate surface area is 124 Å². The fraction of sp³-hybridized carbons (Fsp3) is 0.750. The molecule has 1 aromatic heterocycles. The van der Waals surface area contributed by atoms with E-state index < -0.39 is 0 Å². The molecule has 1 rings (SSSR count). The van der Waals surface area contributed by atoms with Gasteiger partial charge in [-0.3, -0.25) is 0 Å². The number of hydrogen-bond donors (Lipinski definition) is 1. The number of anilines is 2. The van der Waals surface area contributed by atoms with Crippen molar-refractivity contribution in [1.82, 2.24) is 9.97 Å². The van der Waals surface area contributed by atoms with Crippen molar-refractivity contribution in [2.24, 2.45) is 0 Å². The van der Waals surface area contributed by atoms with Gasteiger partial charge in [0.1, 0.15) is 17.5 Å². The van der Waals surface area contributed by atoms with Crippen LogP contribution in [0.4, 0.5) is 11.6 Å². The number of hydrogen-bond acceptors (Lipinski definition) is 4. The lowest BCUT2D eigenvalue weighted by atomic mass is 9.95. The molecular formula is C16H30N4. The Bertz CT molecular complexity index is 435. The van der Waals surface area contributed by atoms with Gasteiger partial charge in [0.25, 0.3) is 0 Å². The number of aromatic nitrogens is 2. The normalized spacial score (nSPS) is 11.6. The molecule has 0 bridgehead atoms. The number of rotatable bonds is 6. The molecule has 1 heterocycles. The Balaban J connectivity index is 3.26. The maximum Gasteiger partial charge on any atom is 0.138 e. The molecule has 0 spiro atoms. The van der Waals surface area contributed by atoms with Gasteiger partial charge in [-0.05, 0) is 19.8 Å². The molecule has 1 aromatic rings. The second-order valence-corrected chi connectivity index (χ2v) is 6.44. The van der Waals surface area contributed by atoms with E-state index in [2.05, 4.69) is 58.8 Å². The van der Waals surface area contributed by atoms with Crippen molar-refractivity contribution in [2.75, 3.05) is 30.4 Å². The Morgan fingerprint density at radius 1 is 1.10 bits per heavy atom. The first-order valence-corrected chi connectivity index (χ1v) is 7.65. The third-order valence-electron chi connectivity index (χ3n) is 3.25. The summed E-state index contributed by atoms with van der Waals surface area (Å²) in [5.41, 5.74) is 1.10. The van der Waals surface area contributed by atoms with E-state index in [4.69, 9.17) is 9.97 Å². The summed E-state index contributed by atoms with van der Waals surface area (Å²) in [6.45, 7) is 14.9. The van der Waals surface area contributed by atoms with Gasteiger partial charge in [-0.25, -0.2) is 9.97 Å². The first-order chi connectivity index (χ1) is 9.31. The Hall–Kier alpha value is -1.32. The Morgan fingerprint density at radius 3 is 2.25 bits per heavy atom. The second kappa shape index (κ2) is 6.91. The van der Waals surface area contributed by atoms with Crippen LogP contribution in [0.15, 0.2) is 0 Å². The van der Waals surface area contributed by atoms with Crippen molar-refractivity contribution in [3.05, 3.63) is 11.4 Å². The SMILES string of the molecule is CCCNc1nc(C(C)(C)C)nc(N(C)CCC)c1C. The molecule has 0 saturated heterocycles. The minimum absolute atomic E-state index is 0.0435. The smallest absolute Gasteiger partial charge is 0.138 e. The molecule has 0 amide bonds. The van der Waals surface area contributed by atoms with Gasteiger partial charge in [-0.2, -0.15) is 0 Å². The first kappa shape index (κ1) is 16.7. The molecule has 0 aliphatic rings. The summed E-state index contributed by atoms with van der Waals surface area (Å²) in [4.78, 5) is 11.8. The summed E-state index contributed by atoms with van der Waals surface area (Å²) < 4.78 is 0. The van der Waals surface area contributed by atoms with Crippen LogP contribution < -0.4 is 10.2 Å². The third-order valence-corrected chi connectivity index (χ3v) is 3.25. The predicted molar refractivity (Wildman–Crippen MR) is 87.8 cm³/mol. The molecule has 4 heteroatoms. The molecule has 1 N–H and O–H groups in total. The molecule has 20 heavy (non-hydrogen) atoms. The maximum absolute atomic E-state index is 4.81. The van der Waals surface area contributed by atoms with Crippen LogP contribution in [-0.4, -0.2) is 30.1 Å². The molecule has 0 aromatic carbocycles. The molecule has 0 radical (unpaired) electrons. The lowest BCUT2D eigenvalue weighted by molar-refractivity contribution is 0.544. The maximum atomic E-state index is 4.81. The summed E-state index contributed by atoms with van der Waals surface area (Å²) in [6.07, 6.45) is 2.21. The van der Waals surface area contributed by atoms with Gasteiger partial charge in [0.15, 0.2) is 0 Å². The van der Waals surface area contributed by atoms with E-state index >= 15 is 0 Å². The van der Waals surface area contributed by atoms with Crippen LogP contribution in [0.1, 0.15) is 58.8 Å². The van der Waals surface area contributed by atoms with E-state index in [1.54, 1.807) is 0 Å². The van der Waals surface area contributed by atoms with Crippen LogP contribution in [-0.2, 0) is 5.41 Å². The van der Waals surface area contributed by atoms with Gasteiger partial charge >= 0.3 is 0 Å². The van der Waals surface area contributed by atoms with Crippen molar-refractivity contribution in [3.8, 4) is 0 Å². The van der Waals surface area contributed by atoms with Gasteiger partial charge in [0.05, 0.1) is 0 Å². The first-order valence-electron chi connectivity index (χ1n) is 7.65. The van der Waals surface area contributed by atoms with E-state index in [9.17, 15) is 0 Å². The van der Waals surface area contributed by atoms with Crippen molar-refractivity contribution in [3.63, 3.8) is 0 Å². The van der Waals surface area contributed by atoms with Gasteiger partial charge in [-0.15, -0.1) is 0 Å². The number of nitrogens with one attached hydrogen (secondary N) is 1. The van der Waals surface area contributed by atoms with Gasteiger partial charge in [0, 0.05) is 31.1 Å². The molecule has 0 unspecified atom stereocenters.